The summed E-state index contributed by atoms with van der Waals surface area (Å²) in [4.78, 5) is 24.2. The molecular weight excluding hydrogens is 484 g/mol. The first-order valence-electron chi connectivity index (χ1n) is 14.3. The Bertz CT molecular complexity index is 1510. The number of nitrogens with zero attached hydrogens (tertiary/aromatic N) is 4. The number of amidine groups is 1. The molecule has 1 aliphatic heterocycles. The number of hydrogen-bond acceptors (Lipinski definition) is 4. The van der Waals surface area contributed by atoms with Gasteiger partial charge in [0.2, 0.25) is 0 Å². The Morgan fingerprint density at radius 3 is 2.51 bits per heavy atom. The smallest absolute Gasteiger partial charge is 0.336 e. The third-order valence-electron chi connectivity index (χ3n) is 8.21. The van der Waals surface area contributed by atoms with Crippen molar-refractivity contribution in [3.8, 4) is 11.1 Å². The molecule has 1 aliphatic carbocycles. The number of fused-ring (bicyclic) bond motifs is 1. The van der Waals surface area contributed by atoms with E-state index in [4.69, 9.17) is 9.98 Å². The third-order valence-corrected chi connectivity index (χ3v) is 8.21. The van der Waals surface area contributed by atoms with E-state index in [1.165, 1.54) is 37.7 Å². The van der Waals surface area contributed by atoms with E-state index >= 15 is 0 Å². The van der Waals surface area contributed by atoms with E-state index in [9.17, 15) is 9.90 Å². The summed E-state index contributed by atoms with van der Waals surface area (Å²) in [7, 11) is 0. The SMILES string of the molecule is CCCc1nc2ccc(C3=NCCN3C3CCCCC3)cc2n1Cc1ccc(-c2ccccc2C(=O)O)cc1. The van der Waals surface area contributed by atoms with Crippen LogP contribution >= 0.6 is 0 Å². The van der Waals surface area contributed by atoms with Gasteiger partial charge in [0.15, 0.2) is 0 Å². The van der Waals surface area contributed by atoms with Crippen molar-refractivity contribution in [3.63, 3.8) is 0 Å². The molecule has 0 saturated heterocycles. The normalized spacial score (nSPS) is 16.1. The summed E-state index contributed by atoms with van der Waals surface area (Å²) in [6, 6.07) is 22.7. The Balaban J connectivity index is 1.32. The molecule has 0 atom stereocenters. The standard InChI is InChI=1S/C33H36N4O2/c1-2-8-31-35-29-18-17-25(32-34-19-20-36(32)26-9-4-3-5-10-26)21-30(29)37(31)22-23-13-15-24(16-14-23)27-11-6-7-12-28(27)33(38)39/h6-7,11-18,21,26H,2-5,8-10,19-20,22H2,1H3,(H,38,39). The average molecular weight is 521 g/mol. The minimum atomic E-state index is -0.909. The number of aliphatic imine (C=N–C) groups is 1. The van der Waals surface area contributed by atoms with Crippen molar-refractivity contribution in [1.82, 2.24) is 14.5 Å². The molecule has 200 valence electrons. The first-order valence-corrected chi connectivity index (χ1v) is 14.3. The highest BCUT2D eigenvalue weighted by molar-refractivity contribution is 6.02. The molecular formula is C33H36N4O2. The Morgan fingerprint density at radius 2 is 1.74 bits per heavy atom. The molecule has 4 aromatic rings. The van der Waals surface area contributed by atoms with Crippen molar-refractivity contribution >= 4 is 22.8 Å². The lowest BCUT2D eigenvalue weighted by Gasteiger charge is -2.33. The Hall–Kier alpha value is -3.93. The van der Waals surface area contributed by atoms with E-state index < -0.39 is 5.97 Å². The molecule has 6 nitrogen and oxygen atoms in total. The number of aryl methyl sites for hydroxylation is 1. The fourth-order valence-corrected chi connectivity index (χ4v) is 6.26. The summed E-state index contributed by atoms with van der Waals surface area (Å²) >= 11 is 0. The Kier molecular flexibility index (Phi) is 7.18. The van der Waals surface area contributed by atoms with Crippen molar-refractivity contribution in [1.29, 1.82) is 0 Å². The number of aromatic carboxylic acids is 1. The van der Waals surface area contributed by atoms with Gasteiger partial charge in [-0.3, -0.25) is 4.99 Å². The molecule has 39 heavy (non-hydrogen) atoms. The maximum absolute atomic E-state index is 11.7. The first kappa shape index (κ1) is 25.4. The van der Waals surface area contributed by atoms with Crippen LogP contribution in [0.4, 0.5) is 0 Å². The second-order valence-corrected chi connectivity index (χ2v) is 10.8. The molecule has 2 aliphatic rings. The Labute approximate surface area is 230 Å². The molecule has 0 bridgehead atoms. The lowest BCUT2D eigenvalue weighted by molar-refractivity contribution is 0.0697. The molecule has 1 saturated carbocycles. The molecule has 0 amide bonds. The van der Waals surface area contributed by atoms with E-state index in [1.54, 1.807) is 12.1 Å². The summed E-state index contributed by atoms with van der Waals surface area (Å²) in [6.07, 6.45) is 8.49. The quantitative estimate of drug-likeness (QED) is 0.277. The van der Waals surface area contributed by atoms with Crippen LogP contribution in [0.15, 0.2) is 71.7 Å². The number of carboxylic acids is 1. The van der Waals surface area contributed by atoms with E-state index in [0.29, 0.717) is 11.6 Å². The summed E-state index contributed by atoms with van der Waals surface area (Å²) in [6.45, 7) is 4.81. The zero-order valence-corrected chi connectivity index (χ0v) is 22.6. The summed E-state index contributed by atoms with van der Waals surface area (Å²) in [5.41, 5.74) is 6.49. The van der Waals surface area contributed by atoms with Crippen LogP contribution < -0.4 is 0 Å². The van der Waals surface area contributed by atoms with Crippen LogP contribution in [-0.4, -0.2) is 50.5 Å². The fourth-order valence-electron chi connectivity index (χ4n) is 6.26. The number of aromatic nitrogens is 2. The minimum Gasteiger partial charge on any atom is -0.478 e. The van der Waals surface area contributed by atoms with E-state index in [0.717, 1.165) is 71.9 Å². The highest BCUT2D eigenvalue weighted by Gasteiger charge is 2.28. The van der Waals surface area contributed by atoms with Crippen LogP contribution in [0.5, 0.6) is 0 Å². The molecule has 1 N–H and O–H groups in total. The van der Waals surface area contributed by atoms with Gasteiger partial charge in [-0.15, -0.1) is 0 Å². The lowest BCUT2D eigenvalue weighted by atomic mass is 9.94. The second kappa shape index (κ2) is 11.0. The molecule has 1 fully saturated rings. The van der Waals surface area contributed by atoms with E-state index in [2.05, 4.69) is 46.7 Å². The van der Waals surface area contributed by atoms with Crippen LogP contribution in [0, 0.1) is 0 Å². The Morgan fingerprint density at radius 1 is 0.974 bits per heavy atom. The molecule has 6 rings (SSSR count). The fraction of sp³-hybridized carbons (Fsp3) is 0.364. The van der Waals surface area contributed by atoms with Gasteiger partial charge in [0.1, 0.15) is 11.7 Å². The van der Waals surface area contributed by atoms with Crippen LogP contribution in [0.25, 0.3) is 22.2 Å². The van der Waals surface area contributed by atoms with Crippen molar-refractivity contribution in [3.05, 3.63) is 89.2 Å². The molecule has 0 spiro atoms. The maximum Gasteiger partial charge on any atom is 0.336 e. The first-order chi connectivity index (χ1) is 19.1. The number of benzene rings is 3. The number of imidazole rings is 1. The van der Waals surface area contributed by atoms with Crippen molar-refractivity contribution in [2.75, 3.05) is 13.1 Å². The van der Waals surface area contributed by atoms with Crippen LogP contribution in [0.1, 0.15) is 72.8 Å². The van der Waals surface area contributed by atoms with Crippen LogP contribution in [0.3, 0.4) is 0 Å². The van der Waals surface area contributed by atoms with Crippen molar-refractivity contribution < 1.29 is 9.90 Å². The predicted molar refractivity (Wildman–Crippen MR) is 157 cm³/mol. The zero-order valence-electron chi connectivity index (χ0n) is 22.6. The average Bonchev–Trinajstić information content (AvgIpc) is 3.59. The largest absolute Gasteiger partial charge is 0.478 e. The van der Waals surface area contributed by atoms with Crippen molar-refractivity contribution in [2.24, 2.45) is 4.99 Å². The lowest BCUT2D eigenvalue weighted by Crippen LogP contribution is -2.39. The van der Waals surface area contributed by atoms with Gasteiger partial charge in [0, 0.05) is 31.1 Å². The molecule has 0 unspecified atom stereocenters. The van der Waals surface area contributed by atoms with Crippen LogP contribution in [0.2, 0.25) is 0 Å². The van der Waals surface area contributed by atoms with Crippen LogP contribution in [-0.2, 0) is 13.0 Å². The maximum atomic E-state index is 11.7. The van der Waals surface area contributed by atoms with Gasteiger partial charge >= 0.3 is 5.97 Å². The van der Waals surface area contributed by atoms with Gasteiger partial charge in [-0.05, 0) is 60.2 Å². The summed E-state index contributed by atoms with van der Waals surface area (Å²) in [5, 5.41) is 9.60. The number of hydrogen-bond donors (Lipinski definition) is 1. The minimum absolute atomic E-state index is 0.320. The number of carbonyl (C=O) groups is 1. The molecule has 6 heteroatoms. The second-order valence-electron chi connectivity index (χ2n) is 10.8. The van der Waals surface area contributed by atoms with Gasteiger partial charge in [0.25, 0.3) is 0 Å². The zero-order chi connectivity index (χ0) is 26.8. The van der Waals surface area contributed by atoms with Gasteiger partial charge in [-0.1, -0.05) is 68.7 Å². The molecule has 1 aromatic heterocycles. The number of rotatable bonds is 8. The molecule has 0 radical (unpaired) electrons. The van der Waals surface area contributed by atoms with Gasteiger partial charge < -0.3 is 14.6 Å². The highest BCUT2D eigenvalue weighted by atomic mass is 16.4. The number of carboxylic acid groups (broad SMARTS) is 1. The third kappa shape index (κ3) is 5.08. The van der Waals surface area contributed by atoms with Gasteiger partial charge in [-0.25, -0.2) is 9.78 Å². The topological polar surface area (TPSA) is 70.7 Å². The molecule has 3 aromatic carbocycles. The summed E-state index contributed by atoms with van der Waals surface area (Å²) < 4.78 is 2.35. The van der Waals surface area contributed by atoms with Gasteiger partial charge in [0.05, 0.1) is 23.1 Å². The predicted octanol–water partition coefficient (Wildman–Crippen LogP) is 6.80. The highest BCUT2D eigenvalue weighted by Crippen LogP contribution is 2.29. The monoisotopic (exact) mass is 520 g/mol. The summed E-state index contributed by atoms with van der Waals surface area (Å²) in [5.74, 6) is 1.34. The van der Waals surface area contributed by atoms with E-state index in [-0.39, 0.29) is 0 Å². The van der Waals surface area contributed by atoms with Gasteiger partial charge in [-0.2, -0.15) is 0 Å². The van der Waals surface area contributed by atoms with E-state index in [1.807, 2.05) is 24.3 Å². The molecule has 2 heterocycles. The van der Waals surface area contributed by atoms with Crippen molar-refractivity contribution in [2.45, 2.75) is 64.5 Å².